The Bertz CT molecular complexity index is 507. The second-order valence-electron chi connectivity index (χ2n) is 4.61. The van der Waals surface area contributed by atoms with Crippen molar-refractivity contribution in [3.05, 3.63) is 18.3 Å². The molecule has 0 N–H and O–H groups in total. The summed E-state index contributed by atoms with van der Waals surface area (Å²) in [5.74, 6) is 0.629. The number of ether oxygens (including phenoxy) is 1. The number of carbonyl (C=O) groups excluding carboxylic acids is 1. The van der Waals surface area contributed by atoms with Gasteiger partial charge in [-0.25, -0.2) is 9.78 Å². The lowest BCUT2D eigenvalue weighted by molar-refractivity contribution is -0.137. The number of amides is 2. The fourth-order valence-corrected chi connectivity index (χ4v) is 1.97. The van der Waals surface area contributed by atoms with Gasteiger partial charge in [-0.15, -0.1) is 0 Å². The fraction of sp³-hybridized carbons (Fsp3) is 0.500. The number of aromatic nitrogens is 1. The number of alkyl halides is 3. The van der Waals surface area contributed by atoms with E-state index in [4.69, 9.17) is 4.74 Å². The van der Waals surface area contributed by atoms with Crippen molar-refractivity contribution in [2.75, 3.05) is 25.1 Å². The molecule has 20 heavy (non-hydrogen) atoms. The van der Waals surface area contributed by atoms with E-state index in [0.29, 0.717) is 10.6 Å². The first-order valence-electron chi connectivity index (χ1n) is 5.98. The lowest BCUT2D eigenvalue weighted by atomic mass is 10.2. The van der Waals surface area contributed by atoms with Crippen LogP contribution < -0.4 is 9.64 Å². The first-order chi connectivity index (χ1) is 9.29. The highest BCUT2D eigenvalue weighted by atomic mass is 19.4. The van der Waals surface area contributed by atoms with E-state index in [1.807, 2.05) is 0 Å². The minimum Gasteiger partial charge on any atom is -0.488 e. The molecule has 0 fully saturated rings. The van der Waals surface area contributed by atoms with E-state index in [1.54, 1.807) is 19.1 Å². The summed E-state index contributed by atoms with van der Waals surface area (Å²) < 4.78 is 42.5. The average molecular weight is 289 g/mol. The molecule has 110 valence electrons. The van der Waals surface area contributed by atoms with Gasteiger partial charge in [0.1, 0.15) is 13.2 Å². The van der Waals surface area contributed by atoms with Crippen LogP contribution in [0, 0.1) is 0 Å². The smallest absolute Gasteiger partial charge is 0.406 e. The lowest BCUT2D eigenvalue weighted by Crippen LogP contribution is -2.52. The Kier molecular flexibility index (Phi) is 3.74. The molecule has 2 rings (SSSR count). The standard InChI is InChI=1S/C12H14F3N3O2/c1-8-6-20-9-4-3-5-16-10(9)18(8)11(19)17(2)7-12(13,14)15/h3-5,8H,6-7H2,1-2H3/t8-/m1/s1. The van der Waals surface area contributed by atoms with Crippen LogP contribution in [0.1, 0.15) is 6.92 Å². The van der Waals surface area contributed by atoms with Gasteiger partial charge in [0.2, 0.25) is 0 Å². The maximum atomic E-state index is 12.4. The number of hydrogen-bond donors (Lipinski definition) is 0. The maximum absolute atomic E-state index is 12.4. The van der Waals surface area contributed by atoms with Crippen molar-refractivity contribution in [1.82, 2.24) is 9.88 Å². The van der Waals surface area contributed by atoms with E-state index >= 15 is 0 Å². The fourth-order valence-electron chi connectivity index (χ4n) is 1.97. The molecule has 1 aliphatic heterocycles. The van der Waals surface area contributed by atoms with Crippen LogP contribution >= 0.6 is 0 Å². The Morgan fingerprint density at radius 2 is 2.30 bits per heavy atom. The third-order valence-corrected chi connectivity index (χ3v) is 2.85. The largest absolute Gasteiger partial charge is 0.488 e. The van der Waals surface area contributed by atoms with Gasteiger partial charge in [-0.1, -0.05) is 0 Å². The van der Waals surface area contributed by atoms with E-state index in [0.717, 1.165) is 7.05 Å². The second kappa shape index (κ2) is 5.18. The third-order valence-electron chi connectivity index (χ3n) is 2.85. The van der Waals surface area contributed by atoms with Crippen molar-refractivity contribution in [1.29, 1.82) is 0 Å². The Morgan fingerprint density at radius 1 is 1.60 bits per heavy atom. The Morgan fingerprint density at radius 3 is 2.95 bits per heavy atom. The van der Waals surface area contributed by atoms with Crippen LogP contribution in [0.3, 0.4) is 0 Å². The zero-order valence-corrected chi connectivity index (χ0v) is 11.0. The SMILES string of the molecule is C[C@@H]1COc2cccnc2N1C(=O)N(C)CC(F)(F)F. The minimum absolute atomic E-state index is 0.213. The number of halogens is 3. The van der Waals surface area contributed by atoms with Crippen molar-refractivity contribution in [2.24, 2.45) is 0 Å². The number of hydrogen-bond acceptors (Lipinski definition) is 3. The normalized spacial score (nSPS) is 18.2. The van der Waals surface area contributed by atoms with Gasteiger partial charge in [-0.05, 0) is 19.1 Å². The highest BCUT2D eigenvalue weighted by Gasteiger charge is 2.37. The number of anilines is 1. The number of carbonyl (C=O) groups is 1. The molecule has 1 atom stereocenters. The summed E-state index contributed by atoms with van der Waals surface area (Å²) in [6.45, 7) is 0.597. The van der Waals surface area contributed by atoms with E-state index in [-0.39, 0.29) is 18.5 Å². The monoisotopic (exact) mass is 289 g/mol. The van der Waals surface area contributed by atoms with Crippen LogP contribution in [0.4, 0.5) is 23.8 Å². The molecule has 8 heteroatoms. The summed E-state index contributed by atoms with van der Waals surface area (Å²) in [6, 6.07) is 2.12. The molecule has 0 saturated heterocycles. The van der Waals surface area contributed by atoms with Gasteiger partial charge in [0.25, 0.3) is 0 Å². The second-order valence-corrected chi connectivity index (χ2v) is 4.61. The number of urea groups is 1. The minimum atomic E-state index is -4.44. The number of pyridine rings is 1. The molecular formula is C12H14F3N3O2. The van der Waals surface area contributed by atoms with E-state index in [2.05, 4.69) is 4.98 Å². The van der Waals surface area contributed by atoms with Crippen molar-refractivity contribution < 1.29 is 22.7 Å². The third kappa shape index (κ3) is 2.94. The molecule has 1 aromatic heterocycles. The molecule has 5 nitrogen and oxygen atoms in total. The summed E-state index contributed by atoms with van der Waals surface area (Å²) in [5.41, 5.74) is 0. The van der Waals surface area contributed by atoms with Crippen molar-refractivity contribution >= 4 is 11.8 Å². The Balaban J connectivity index is 2.25. The predicted octanol–water partition coefficient (Wildman–Crippen LogP) is 2.28. The van der Waals surface area contributed by atoms with Gasteiger partial charge in [0, 0.05) is 13.2 Å². The van der Waals surface area contributed by atoms with Crippen molar-refractivity contribution in [3.63, 3.8) is 0 Å². The molecular weight excluding hydrogens is 275 g/mol. The Hall–Kier alpha value is -1.99. The molecule has 0 bridgehead atoms. The summed E-state index contributed by atoms with van der Waals surface area (Å²) >= 11 is 0. The van der Waals surface area contributed by atoms with Gasteiger partial charge in [0.15, 0.2) is 11.6 Å². The first-order valence-corrected chi connectivity index (χ1v) is 5.98. The molecule has 0 radical (unpaired) electrons. The highest BCUT2D eigenvalue weighted by Crippen LogP contribution is 2.32. The highest BCUT2D eigenvalue weighted by molar-refractivity contribution is 5.93. The molecule has 0 unspecified atom stereocenters. The number of rotatable bonds is 1. The topological polar surface area (TPSA) is 45.7 Å². The van der Waals surface area contributed by atoms with Crippen molar-refractivity contribution in [3.8, 4) is 5.75 Å². The lowest BCUT2D eigenvalue weighted by Gasteiger charge is -2.36. The summed E-state index contributed by atoms with van der Waals surface area (Å²) in [6.07, 6.45) is -2.98. The van der Waals surface area contributed by atoms with Crippen LogP contribution in [0.5, 0.6) is 5.75 Å². The van der Waals surface area contributed by atoms with E-state index in [1.165, 1.54) is 11.1 Å². The molecule has 1 aromatic rings. The van der Waals surface area contributed by atoms with Gasteiger partial charge < -0.3 is 9.64 Å². The quantitative estimate of drug-likeness (QED) is 0.797. The van der Waals surface area contributed by atoms with Crippen molar-refractivity contribution in [2.45, 2.75) is 19.1 Å². The summed E-state index contributed by atoms with van der Waals surface area (Å²) in [4.78, 5) is 18.1. The van der Waals surface area contributed by atoms with Crippen LogP contribution in [-0.2, 0) is 0 Å². The molecule has 0 saturated carbocycles. The molecule has 1 aliphatic rings. The summed E-state index contributed by atoms with van der Waals surface area (Å²) in [5, 5.41) is 0. The van der Waals surface area contributed by atoms with Gasteiger partial charge in [-0.3, -0.25) is 4.90 Å². The average Bonchev–Trinajstić information content (AvgIpc) is 2.36. The van der Waals surface area contributed by atoms with E-state index < -0.39 is 18.8 Å². The number of nitrogens with zero attached hydrogens (tertiary/aromatic N) is 3. The first kappa shape index (κ1) is 14.4. The molecule has 0 aromatic carbocycles. The zero-order chi connectivity index (χ0) is 14.9. The predicted molar refractivity (Wildman–Crippen MR) is 65.8 cm³/mol. The molecule has 2 heterocycles. The van der Waals surface area contributed by atoms with Gasteiger partial charge in [0.05, 0.1) is 6.04 Å². The van der Waals surface area contributed by atoms with Crippen LogP contribution in [-0.4, -0.2) is 48.3 Å². The molecule has 0 spiro atoms. The molecule has 2 amide bonds. The zero-order valence-electron chi connectivity index (χ0n) is 11.0. The molecule has 0 aliphatic carbocycles. The van der Waals surface area contributed by atoms with Crippen LogP contribution in [0.2, 0.25) is 0 Å². The van der Waals surface area contributed by atoms with Gasteiger partial charge >= 0.3 is 12.2 Å². The number of fused-ring (bicyclic) bond motifs is 1. The van der Waals surface area contributed by atoms with Crippen LogP contribution in [0.15, 0.2) is 18.3 Å². The van der Waals surface area contributed by atoms with E-state index in [9.17, 15) is 18.0 Å². The Labute approximate surface area is 113 Å². The maximum Gasteiger partial charge on any atom is 0.406 e. The van der Waals surface area contributed by atoms with Gasteiger partial charge in [-0.2, -0.15) is 13.2 Å². The summed E-state index contributed by atoms with van der Waals surface area (Å²) in [7, 11) is 1.11. The van der Waals surface area contributed by atoms with Crippen LogP contribution in [0.25, 0.3) is 0 Å².